The van der Waals surface area contributed by atoms with Crippen LogP contribution in [0.3, 0.4) is 0 Å². The Kier molecular flexibility index (Phi) is 7.39. The first-order valence-electron chi connectivity index (χ1n) is 5.72. The van der Waals surface area contributed by atoms with E-state index in [9.17, 15) is 4.79 Å². The lowest BCUT2D eigenvalue weighted by Gasteiger charge is -2.16. The highest BCUT2D eigenvalue weighted by Gasteiger charge is 2.11. The van der Waals surface area contributed by atoms with Gasteiger partial charge in [0.05, 0.1) is 13.2 Å². The van der Waals surface area contributed by atoms with Gasteiger partial charge in [-0.3, -0.25) is 4.79 Å². The molecule has 0 aliphatic rings. The van der Waals surface area contributed by atoms with Crippen LogP contribution in [0.1, 0.15) is 31.9 Å². The predicted molar refractivity (Wildman–Crippen MR) is 75.1 cm³/mol. The number of halogens is 1. The molecule has 0 saturated carbocycles. The lowest BCUT2D eigenvalue weighted by molar-refractivity contribution is -0.122. The zero-order valence-electron chi connectivity index (χ0n) is 11.0. The first-order chi connectivity index (χ1) is 8.02. The van der Waals surface area contributed by atoms with Gasteiger partial charge in [-0.15, -0.1) is 12.4 Å². The van der Waals surface area contributed by atoms with Gasteiger partial charge >= 0.3 is 0 Å². The van der Waals surface area contributed by atoms with Crippen LogP contribution in [0.4, 0.5) is 0 Å². The van der Waals surface area contributed by atoms with Crippen molar-refractivity contribution in [3.8, 4) is 5.75 Å². The molecular formula is C13H21ClN2O2. The van der Waals surface area contributed by atoms with Gasteiger partial charge in [-0.2, -0.15) is 0 Å². The van der Waals surface area contributed by atoms with E-state index in [2.05, 4.69) is 5.32 Å². The molecule has 1 rings (SSSR count). The van der Waals surface area contributed by atoms with E-state index >= 15 is 0 Å². The third-order valence-electron chi connectivity index (χ3n) is 2.48. The quantitative estimate of drug-likeness (QED) is 0.862. The number of carbonyl (C=O) groups is 1. The summed E-state index contributed by atoms with van der Waals surface area (Å²) in [5.41, 5.74) is 6.59. The summed E-state index contributed by atoms with van der Waals surface area (Å²) in [5, 5.41) is 2.90. The van der Waals surface area contributed by atoms with Gasteiger partial charge in [0.25, 0.3) is 0 Å². The molecule has 18 heavy (non-hydrogen) atoms. The first kappa shape index (κ1) is 16.7. The van der Waals surface area contributed by atoms with Gasteiger partial charge in [-0.1, -0.05) is 12.1 Å². The molecule has 1 aromatic rings. The minimum absolute atomic E-state index is 0. The summed E-state index contributed by atoms with van der Waals surface area (Å²) >= 11 is 0. The third kappa shape index (κ3) is 5.38. The fraction of sp³-hybridized carbons (Fsp3) is 0.462. The van der Waals surface area contributed by atoms with Crippen LogP contribution in [0.2, 0.25) is 0 Å². The van der Waals surface area contributed by atoms with Gasteiger partial charge in [0, 0.05) is 12.5 Å². The molecule has 0 saturated heterocycles. The van der Waals surface area contributed by atoms with E-state index in [0.717, 1.165) is 11.3 Å². The topological polar surface area (TPSA) is 64.3 Å². The number of hydrogen-bond acceptors (Lipinski definition) is 3. The number of hydrogen-bond donors (Lipinski definition) is 2. The van der Waals surface area contributed by atoms with Gasteiger partial charge in [0.2, 0.25) is 5.91 Å². The summed E-state index contributed by atoms with van der Waals surface area (Å²) in [5.74, 6) is 0.756. The third-order valence-corrected chi connectivity index (χ3v) is 2.48. The number of benzene rings is 1. The Balaban J connectivity index is 0.00000289. The van der Waals surface area contributed by atoms with E-state index in [-0.39, 0.29) is 30.4 Å². The number of rotatable bonds is 5. The molecule has 0 aliphatic carbocycles. The highest BCUT2D eigenvalue weighted by molar-refractivity contribution is 5.85. The zero-order chi connectivity index (χ0) is 12.8. The molecule has 0 spiro atoms. The average molecular weight is 273 g/mol. The lowest BCUT2D eigenvalue weighted by Crippen LogP contribution is -2.31. The maximum absolute atomic E-state index is 11.6. The van der Waals surface area contributed by atoms with Crippen molar-refractivity contribution in [1.82, 2.24) is 5.32 Å². The van der Waals surface area contributed by atoms with Crippen LogP contribution >= 0.6 is 12.4 Å². The van der Waals surface area contributed by atoms with Crippen molar-refractivity contribution in [3.63, 3.8) is 0 Å². The van der Waals surface area contributed by atoms with Crippen molar-refractivity contribution in [2.45, 2.75) is 32.4 Å². The second-order valence-corrected chi connectivity index (χ2v) is 4.25. The fourth-order valence-electron chi connectivity index (χ4n) is 1.59. The SMILES string of the molecule is COc1cccc(C(C)NC(=O)CC(C)N)c1.Cl. The number of methoxy groups -OCH3 is 1. The van der Waals surface area contributed by atoms with E-state index in [0.29, 0.717) is 6.42 Å². The zero-order valence-corrected chi connectivity index (χ0v) is 11.8. The monoisotopic (exact) mass is 272 g/mol. The molecule has 102 valence electrons. The molecule has 5 heteroatoms. The second-order valence-electron chi connectivity index (χ2n) is 4.25. The number of amides is 1. The predicted octanol–water partition coefficient (Wildman–Crippen LogP) is 2.03. The molecule has 2 atom stereocenters. The van der Waals surface area contributed by atoms with Gasteiger partial charge in [-0.25, -0.2) is 0 Å². The highest BCUT2D eigenvalue weighted by atomic mass is 35.5. The molecule has 3 N–H and O–H groups in total. The van der Waals surface area contributed by atoms with Gasteiger partial charge < -0.3 is 15.8 Å². The maximum atomic E-state index is 11.6. The van der Waals surface area contributed by atoms with Crippen molar-refractivity contribution >= 4 is 18.3 Å². The lowest BCUT2D eigenvalue weighted by atomic mass is 10.1. The van der Waals surface area contributed by atoms with E-state index in [1.54, 1.807) is 7.11 Å². The standard InChI is InChI=1S/C13H20N2O2.ClH/c1-9(14)7-13(16)15-10(2)11-5-4-6-12(8-11)17-3;/h4-6,8-10H,7,14H2,1-3H3,(H,15,16);1H. The van der Waals surface area contributed by atoms with Crippen LogP contribution in [-0.4, -0.2) is 19.1 Å². The van der Waals surface area contributed by atoms with Crippen LogP contribution in [-0.2, 0) is 4.79 Å². The Hall–Kier alpha value is -1.26. The molecular weight excluding hydrogens is 252 g/mol. The Morgan fingerprint density at radius 1 is 1.44 bits per heavy atom. The van der Waals surface area contributed by atoms with Crippen LogP contribution in [0.15, 0.2) is 24.3 Å². The minimum Gasteiger partial charge on any atom is -0.497 e. The minimum atomic E-state index is -0.118. The maximum Gasteiger partial charge on any atom is 0.222 e. The summed E-state index contributed by atoms with van der Waals surface area (Å²) in [4.78, 5) is 11.6. The molecule has 0 radical (unpaired) electrons. The molecule has 0 bridgehead atoms. The van der Waals surface area contributed by atoms with E-state index in [1.165, 1.54) is 0 Å². The largest absolute Gasteiger partial charge is 0.497 e. The number of carbonyl (C=O) groups excluding carboxylic acids is 1. The normalized spacial score (nSPS) is 13.1. The Morgan fingerprint density at radius 2 is 2.11 bits per heavy atom. The van der Waals surface area contributed by atoms with Crippen molar-refractivity contribution in [3.05, 3.63) is 29.8 Å². The summed E-state index contributed by atoms with van der Waals surface area (Å²) in [6.45, 7) is 3.75. The summed E-state index contributed by atoms with van der Waals surface area (Å²) in [6.07, 6.45) is 0.342. The van der Waals surface area contributed by atoms with E-state index in [4.69, 9.17) is 10.5 Å². The summed E-state index contributed by atoms with van der Waals surface area (Å²) in [7, 11) is 1.62. The van der Waals surface area contributed by atoms with Gasteiger partial charge in [-0.05, 0) is 31.5 Å². The van der Waals surface area contributed by atoms with Crippen LogP contribution in [0, 0.1) is 0 Å². The number of nitrogens with one attached hydrogen (secondary N) is 1. The molecule has 1 aromatic carbocycles. The van der Waals surface area contributed by atoms with E-state index in [1.807, 2.05) is 38.1 Å². The summed E-state index contributed by atoms with van der Waals surface area (Å²) < 4.78 is 5.14. The van der Waals surface area contributed by atoms with Crippen molar-refractivity contribution in [1.29, 1.82) is 0 Å². The van der Waals surface area contributed by atoms with Gasteiger partial charge in [0.15, 0.2) is 0 Å². The fourth-order valence-corrected chi connectivity index (χ4v) is 1.59. The molecule has 1 amide bonds. The van der Waals surface area contributed by atoms with Crippen molar-refractivity contribution < 1.29 is 9.53 Å². The molecule has 0 heterocycles. The van der Waals surface area contributed by atoms with Crippen LogP contribution in [0.25, 0.3) is 0 Å². The van der Waals surface area contributed by atoms with Crippen LogP contribution < -0.4 is 15.8 Å². The number of nitrogens with two attached hydrogens (primary N) is 1. The van der Waals surface area contributed by atoms with Crippen molar-refractivity contribution in [2.75, 3.05) is 7.11 Å². The van der Waals surface area contributed by atoms with Crippen LogP contribution in [0.5, 0.6) is 5.75 Å². The first-order valence-corrected chi connectivity index (χ1v) is 5.72. The molecule has 2 unspecified atom stereocenters. The Bertz CT molecular complexity index is 383. The molecule has 0 aliphatic heterocycles. The van der Waals surface area contributed by atoms with E-state index < -0.39 is 0 Å². The smallest absolute Gasteiger partial charge is 0.222 e. The Labute approximate surface area is 114 Å². The number of ether oxygens (including phenoxy) is 1. The molecule has 4 nitrogen and oxygen atoms in total. The Morgan fingerprint density at radius 3 is 2.67 bits per heavy atom. The van der Waals surface area contributed by atoms with Gasteiger partial charge in [0.1, 0.15) is 5.75 Å². The molecule has 0 aromatic heterocycles. The highest BCUT2D eigenvalue weighted by Crippen LogP contribution is 2.18. The summed E-state index contributed by atoms with van der Waals surface area (Å²) in [6, 6.07) is 7.49. The average Bonchev–Trinajstić information content (AvgIpc) is 2.27. The molecule has 0 fully saturated rings. The second kappa shape index (κ2) is 7.95. The van der Waals surface area contributed by atoms with Crippen molar-refractivity contribution in [2.24, 2.45) is 5.73 Å².